The number of thiophene rings is 1. The summed E-state index contributed by atoms with van der Waals surface area (Å²) in [6.07, 6.45) is 0.924. The van der Waals surface area contributed by atoms with Crippen LogP contribution in [-0.4, -0.2) is 50.1 Å². The van der Waals surface area contributed by atoms with Crippen LogP contribution in [0.1, 0.15) is 61.5 Å². The standard InChI is InChI=1S/C20H28N2O6S/c1-12(21-19(25)27-13-7-8-26-10-13)5-6-16-22(11-23)14-9-15(20(2,3)4)29-17(14)18(24)28-16/h9,11-13,16H,5-8,10H2,1-4H3,(H,21,25). The van der Waals surface area contributed by atoms with E-state index < -0.39 is 18.3 Å². The van der Waals surface area contributed by atoms with Gasteiger partial charge < -0.3 is 19.5 Å². The molecule has 3 heterocycles. The number of ether oxygens (including phenoxy) is 3. The average Bonchev–Trinajstić information content (AvgIpc) is 3.29. The first-order valence-electron chi connectivity index (χ1n) is 9.83. The minimum Gasteiger partial charge on any atom is -0.444 e. The van der Waals surface area contributed by atoms with Crippen molar-refractivity contribution in [2.24, 2.45) is 0 Å². The normalized spacial score (nSPS) is 22.6. The van der Waals surface area contributed by atoms with Crippen LogP contribution in [0.2, 0.25) is 0 Å². The number of carbonyl (C=O) groups excluding carboxylic acids is 3. The number of nitrogens with zero attached hydrogens (tertiary/aromatic N) is 1. The van der Waals surface area contributed by atoms with Crippen LogP contribution < -0.4 is 10.2 Å². The molecule has 1 aromatic heterocycles. The first-order valence-corrected chi connectivity index (χ1v) is 10.6. The van der Waals surface area contributed by atoms with E-state index in [1.807, 2.05) is 13.0 Å². The van der Waals surface area contributed by atoms with Crippen LogP contribution in [0.5, 0.6) is 0 Å². The predicted molar refractivity (Wildman–Crippen MR) is 108 cm³/mol. The fraction of sp³-hybridized carbons (Fsp3) is 0.650. The molecular weight excluding hydrogens is 396 g/mol. The molecule has 0 aromatic carbocycles. The summed E-state index contributed by atoms with van der Waals surface area (Å²) in [5.41, 5.74) is 0.465. The van der Waals surface area contributed by atoms with E-state index in [9.17, 15) is 14.4 Å². The molecule has 1 aromatic rings. The Morgan fingerprint density at radius 3 is 2.86 bits per heavy atom. The second-order valence-electron chi connectivity index (χ2n) is 8.46. The molecule has 3 atom stereocenters. The van der Waals surface area contributed by atoms with Crippen LogP contribution >= 0.6 is 11.3 Å². The molecule has 3 unspecified atom stereocenters. The van der Waals surface area contributed by atoms with Crippen LogP contribution in [-0.2, 0) is 24.4 Å². The third-order valence-electron chi connectivity index (χ3n) is 4.95. The number of amides is 2. The molecule has 2 amide bonds. The maximum Gasteiger partial charge on any atom is 0.407 e. The number of carbonyl (C=O) groups is 3. The second kappa shape index (κ2) is 8.71. The summed E-state index contributed by atoms with van der Waals surface area (Å²) in [6, 6.07) is 1.69. The third kappa shape index (κ3) is 5.08. The Morgan fingerprint density at radius 2 is 2.24 bits per heavy atom. The Kier molecular flexibility index (Phi) is 6.48. The largest absolute Gasteiger partial charge is 0.444 e. The van der Waals surface area contributed by atoms with Gasteiger partial charge in [0.15, 0.2) is 6.23 Å². The Balaban J connectivity index is 1.59. The highest BCUT2D eigenvalue weighted by Crippen LogP contribution is 2.41. The molecule has 0 spiro atoms. The summed E-state index contributed by atoms with van der Waals surface area (Å²) in [7, 11) is 0. The number of esters is 1. The quantitative estimate of drug-likeness (QED) is 0.557. The van der Waals surface area contributed by atoms with E-state index in [4.69, 9.17) is 14.2 Å². The summed E-state index contributed by atoms with van der Waals surface area (Å²) >= 11 is 1.36. The fourth-order valence-corrected chi connectivity index (χ4v) is 4.35. The number of cyclic esters (lactones) is 1. The van der Waals surface area contributed by atoms with Gasteiger partial charge in [-0.2, -0.15) is 0 Å². The number of fused-ring (bicyclic) bond motifs is 1. The van der Waals surface area contributed by atoms with Gasteiger partial charge in [0.1, 0.15) is 11.0 Å². The summed E-state index contributed by atoms with van der Waals surface area (Å²) in [6.45, 7) is 9.04. The van der Waals surface area contributed by atoms with E-state index >= 15 is 0 Å². The highest BCUT2D eigenvalue weighted by molar-refractivity contribution is 7.14. The third-order valence-corrected chi connectivity index (χ3v) is 6.48. The molecule has 1 fully saturated rings. The SMILES string of the molecule is CC(CCC1OC(=O)c2sc(C(C)(C)C)cc2N1C=O)NC(=O)OC1CCOC1. The van der Waals surface area contributed by atoms with Crippen molar-refractivity contribution in [3.8, 4) is 0 Å². The Morgan fingerprint density at radius 1 is 1.48 bits per heavy atom. The van der Waals surface area contributed by atoms with Crippen molar-refractivity contribution in [3.05, 3.63) is 15.8 Å². The molecule has 0 aliphatic carbocycles. The van der Waals surface area contributed by atoms with Crippen molar-refractivity contribution in [1.29, 1.82) is 0 Å². The Labute approximate surface area is 174 Å². The van der Waals surface area contributed by atoms with Gasteiger partial charge in [0.05, 0.1) is 18.9 Å². The van der Waals surface area contributed by atoms with Gasteiger partial charge in [-0.05, 0) is 24.8 Å². The lowest BCUT2D eigenvalue weighted by Gasteiger charge is -2.32. The zero-order chi connectivity index (χ0) is 21.2. The minimum atomic E-state index is -0.696. The topological polar surface area (TPSA) is 94.2 Å². The number of rotatable bonds is 6. The van der Waals surface area contributed by atoms with Gasteiger partial charge in [-0.1, -0.05) is 20.8 Å². The molecular formula is C20H28N2O6S. The number of hydrogen-bond acceptors (Lipinski definition) is 7. The van der Waals surface area contributed by atoms with Crippen molar-refractivity contribution >= 4 is 35.5 Å². The zero-order valence-corrected chi connectivity index (χ0v) is 18.0. The van der Waals surface area contributed by atoms with Gasteiger partial charge in [-0.15, -0.1) is 11.3 Å². The van der Waals surface area contributed by atoms with Gasteiger partial charge >= 0.3 is 12.1 Å². The van der Waals surface area contributed by atoms with Crippen LogP contribution in [0.25, 0.3) is 0 Å². The van der Waals surface area contributed by atoms with Crippen molar-refractivity contribution in [1.82, 2.24) is 5.32 Å². The molecule has 8 nitrogen and oxygen atoms in total. The predicted octanol–water partition coefficient (Wildman–Crippen LogP) is 3.19. The lowest BCUT2D eigenvalue weighted by atomic mass is 9.94. The molecule has 3 rings (SSSR count). The van der Waals surface area contributed by atoms with Crippen molar-refractivity contribution < 1.29 is 28.6 Å². The van der Waals surface area contributed by atoms with E-state index in [-0.39, 0.29) is 17.6 Å². The summed E-state index contributed by atoms with van der Waals surface area (Å²) in [4.78, 5) is 39.1. The van der Waals surface area contributed by atoms with E-state index in [1.165, 1.54) is 16.2 Å². The lowest BCUT2D eigenvalue weighted by molar-refractivity contribution is -0.109. The lowest BCUT2D eigenvalue weighted by Crippen LogP contribution is -2.43. The highest BCUT2D eigenvalue weighted by atomic mass is 32.1. The molecule has 0 bridgehead atoms. The highest BCUT2D eigenvalue weighted by Gasteiger charge is 2.36. The first kappa shape index (κ1) is 21.6. The van der Waals surface area contributed by atoms with Crippen molar-refractivity contribution in [3.63, 3.8) is 0 Å². The molecule has 0 saturated carbocycles. The average molecular weight is 425 g/mol. The summed E-state index contributed by atoms with van der Waals surface area (Å²) < 4.78 is 16.0. The van der Waals surface area contributed by atoms with Crippen LogP contribution in [0, 0.1) is 0 Å². The molecule has 29 heavy (non-hydrogen) atoms. The molecule has 1 N–H and O–H groups in total. The minimum absolute atomic E-state index is 0.129. The van der Waals surface area contributed by atoms with Crippen molar-refractivity contribution in [2.75, 3.05) is 18.1 Å². The van der Waals surface area contributed by atoms with Gasteiger partial charge in [0, 0.05) is 23.8 Å². The van der Waals surface area contributed by atoms with Crippen LogP contribution in [0.3, 0.4) is 0 Å². The molecule has 9 heteroatoms. The smallest absolute Gasteiger partial charge is 0.407 e. The Bertz CT molecular complexity index is 766. The maximum atomic E-state index is 12.5. The molecule has 0 radical (unpaired) electrons. The van der Waals surface area contributed by atoms with E-state index in [1.54, 1.807) is 0 Å². The fourth-order valence-electron chi connectivity index (χ4n) is 3.26. The van der Waals surface area contributed by atoms with Gasteiger partial charge in [-0.3, -0.25) is 9.69 Å². The summed E-state index contributed by atoms with van der Waals surface area (Å²) in [5.74, 6) is -0.412. The van der Waals surface area contributed by atoms with E-state index in [0.29, 0.717) is 49.5 Å². The zero-order valence-electron chi connectivity index (χ0n) is 17.2. The number of alkyl carbamates (subject to hydrolysis) is 1. The Hall–Kier alpha value is -2.13. The van der Waals surface area contributed by atoms with Gasteiger partial charge in [0.25, 0.3) is 0 Å². The molecule has 2 aliphatic heterocycles. The molecule has 1 saturated heterocycles. The summed E-state index contributed by atoms with van der Waals surface area (Å²) in [5, 5.41) is 2.77. The molecule has 2 aliphatic rings. The number of hydrogen-bond donors (Lipinski definition) is 1. The number of nitrogens with one attached hydrogen (secondary N) is 1. The van der Waals surface area contributed by atoms with Crippen LogP contribution in [0.15, 0.2) is 6.07 Å². The number of anilines is 1. The van der Waals surface area contributed by atoms with Crippen LogP contribution in [0.4, 0.5) is 10.5 Å². The van der Waals surface area contributed by atoms with E-state index in [2.05, 4.69) is 26.1 Å². The van der Waals surface area contributed by atoms with E-state index in [0.717, 1.165) is 4.88 Å². The first-order chi connectivity index (χ1) is 13.7. The van der Waals surface area contributed by atoms with Gasteiger partial charge in [0.2, 0.25) is 6.41 Å². The maximum absolute atomic E-state index is 12.5. The monoisotopic (exact) mass is 424 g/mol. The van der Waals surface area contributed by atoms with Gasteiger partial charge in [-0.25, -0.2) is 9.59 Å². The molecule has 160 valence electrons. The second-order valence-corrected chi connectivity index (χ2v) is 9.51. The van der Waals surface area contributed by atoms with Crippen molar-refractivity contribution in [2.45, 2.75) is 70.7 Å².